The minimum atomic E-state index is -2.01. The molecule has 10 heteroatoms. The molecule has 0 aliphatic heterocycles. The average Bonchev–Trinajstić information content (AvgIpc) is 3.29. The first kappa shape index (κ1) is 19.4. The van der Waals surface area contributed by atoms with Gasteiger partial charge in [0.05, 0.1) is 10.9 Å². The van der Waals surface area contributed by atoms with Gasteiger partial charge in [-0.2, -0.15) is 9.37 Å². The zero-order valence-electron chi connectivity index (χ0n) is 15.7. The van der Waals surface area contributed by atoms with Crippen LogP contribution in [0.5, 0.6) is 0 Å². The number of amides is 1. The zero-order valence-corrected chi connectivity index (χ0v) is 15.7. The molecule has 0 radical (unpaired) electrons. The summed E-state index contributed by atoms with van der Waals surface area (Å²) in [5, 5.41) is 5.97. The Morgan fingerprint density at radius 3 is 2.28 bits per heavy atom. The highest BCUT2D eigenvalue weighted by Gasteiger charge is 2.41. The van der Waals surface area contributed by atoms with Crippen LogP contribution in [-0.2, 0) is 5.54 Å². The molecule has 1 aromatic carbocycles. The summed E-state index contributed by atoms with van der Waals surface area (Å²) in [6.07, 6.45) is 3.52. The minimum Gasteiger partial charge on any atom is -0.457 e. The topological polar surface area (TPSA) is 81.2 Å². The summed E-state index contributed by atoms with van der Waals surface area (Å²) in [6.45, 7) is 2.90. The Morgan fingerprint density at radius 1 is 1.00 bits per heavy atom. The van der Waals surface area contributed by atoms with Crippen molar-refractivity contribution in [3.05, 3.63) is 46.3 Å². The van der Waals surface area contributed by atoms with Crippen LogP contribution in [-0.4, -0.2) is 16.0 Å². The van der Waals surface area contributed by atoms with Gasteiger partial charge in [-0.1, -0.05) is 24.4 Å². The SMILES string of the molecule is Cc1nc(C2(NC(=O)c3c(C)oc4c(F)c(F)c(F)c(F)c34)CCCCC2)no1. The van der Waals surface area contributed by atoms with Crippen molar-refractivity contribution < 1.29 is 31.3 Å². The molecule has 29 heavy (non-hydrogen) atoms. The minimum absolute atomic E-state index is 0.171. The number of carbonyl (C=O) groups excluding carboxylic acids is 1. The Labute approximate surface area is 162 Å². The van der Waals surface area contributed by atoms with Crippen LogP contribution < -0.4 is 5.32 Å². The van der Waals surface area contributed by atoms with Gasteiger partial charge < -0.3 is 14.3 Å². The van der Waals surface area contributed by atoms with Gasteiger partial charge in [-0.25, -0.2) is 13.2 Å². The second-order valence-electron chi connectivity index (χ2n) is 7.23. The Balaban J connectivity index is 1.82. The van der Waals surface area contributed by atoms with Crippen LogP contribution >= 0.6 is 0 Å². The van der Waals surface area contributed by atoms with Crippen LogP contribution in [0.3, 0.4) is 0 Å². The molecule has 154 valence electrons. The number of furan rings is 1. The summed E-state index contributed by atoms with van der Waals surface area (Å²) < 4.78 is 65.9. The molecule has 0 bridgehead atoms. The molecule has 0 saturated heterocycles. The lowest BCUT2D eigenvalue weighted by Gasteiger charge is -2.35. The first-order valence-electron chi connectivity index (χ1n) is 9.13. The predicted octanol–water partition coefficient (Wildman–Crippen LogP) is 4.58. The van der Waals surface area contributed by atoms with Crippen LogP contribution in [0.1, 0.15) is 59.9 Å². The summed E-state index contributed by atoms with van der Waals surface area (Å²) in [5.41, 5.74) is -2.23. The maximum absolute atomic E-state index is 14.4. The van der Waals surface area contributed by atoms with Gasteiger partial charge in [0.1, 0.15) is 11.3 Å². The van der Waals surface area contributed by atoms with Crippen LogP contribution in [0, 0.1) is 37.1 Å². The van der Waals surface area contributed by atoms with Gasteiger partial charge in [0.2, 0.25) is 17.5 Å². The lowest BCUT2D eigenvalue weighted by Crippen LogP contribution is -2.48. The molecule has 1 fully saturated rings. The van der Waals surface area contributed by atoms with E-state index in [-0.39, 0.29) is 11.6 Å². The van der Waals surface area contributed by atoms with E-state index < -0.39 is 51.2 Å². The second kappa shape index (κ2) is 6.85. The first-order valence-corrected chi connectivity index (χ1v) is 9.13. The number of rotatable bonds is 3. The number of nitrogens with one attached hydrogen (secondary N) is 1. The number of carbonyl (C=O) groups is 1. The van der Waals surface area contributed by atoms with E-state index in [1.165, 1.54) is 6.92 Å². The van der Waals surface area contributed by atoms with Crippen molar-refractivity contribution in [2.75, 3.05) is 0 Å². The van der Waals surface area contributed by atoms with Gasteiger partial charge in [0, 0.05) is 6.92 Å². The molecule has 1 aliphatic rings. The van der Waals surface area contributed by atoms with Crippen molar-refractivity contribution >= 4 is 16.9 Å². The lowest BCUT2D eigenvalue weighted by atomic mass is 9.80. The lowest BCUT2D eigenvalue weighted by molar-refractivity contribution is 0.0855. The van der Waals surface area contributed by atoms with Crippen molar-refractivity contribution in [3.8, 4) is 0 Å². The number of aromatic nitrogens is 2. The van der Waals surface area contributed by atoms with Crippen molar-refractivity contribution in [1.29, 1.82) is 0 Å². The molecule has 0 atom stereocenters. The predicted molar refractivity (Wildman–Crippen MR) is 92.0 cm³/mol. The Morgan fingerprint density at radius 2 is 1.66 bits per heavy atom. The van der Waals surface area contributed by atoms with Crippen LogP contribution in [0.4, 0.5) is 17.6 Å². The molecule has 1 amide bonds. The highest BCUT2D eigenvalue weighted by atomic mass is 19.2. The van der Waals surface area contributed by atoms with Gasteiger partial charge in [-0.05, 0) is 19.8 Å². The van der Waals surface area contributed by atoms with Crippen molar-refractivity contribution in [2.45, 2.75) is 51.5 Å². The van der Waals surface area contributed by atoms with E-state index in [1.807, 2.05) is 0 Å². The smallest absolute Gasteiger partial charge is 0.256 e. The summed E-state index contributed by atoms with van der Waals surface area (Å²) in [7, 11) is 0. The van der Waals surface area contributed by atoms with Gasteiger partial charge in [0.25, 0.3) is 5.91 Å². The third-order valence-electron chi connectivity index (χ3n) is 5.32. The van der Waals surface area contributed by atoms with Crippen LogP contribution in [0.2, 0.25) is 0 Å². The maximum atomic E-state index is 14.4. The van der Waals surface area contributed by atoms with Gasteiger partial charge in [-0.15, -0.1) is 0 Å². The second-order valence-corrected chi connectivity index (χ2v) is 7.23. The van der Waals surface area contributed by atoms with E-state index in [2.05, 4.69) is 15.5 Å². The molecule has 2 aromatic heterocycles. The molecule has 4 rings (SSSR count). The van der Waals surface area contributed by atoms with E-state index in [0.717, 1.165) is 19.3 Å². The number of fused-ring (bicyclic) bond motifs is 1. The summed E-state index contributed by atoms with van der Waals surface area (Å²) in [4.78, 5) is 17.3. The monoisotopic (exact) mass is 411 g/mol. The molecule has 3 aromatic rings. The highest BCUT2D eigenvalue weighted by Crippen LogP contribution is 2.38. The van der Waals surface area contributed by atoms with Crippen molar-refractivity contribution in [2.24, 2.45) is 0 Å². The number of benzene rings is 1. The molecular formula is C19H17F4N3O3. The highest BCUT2D eigenvalue weighted by molar-refractivity contribution is 6.07. The largest absolute Gasteiger partial charge is 0.457 e. The normalized spacial score (nSPS) is 16.3. The fraction of sp³-hybridized carbons (Fsp3) is 0.421. The van der Waals surface area contributed by atoms with E-state index in [0.29, 0.717) is 18.7 Å². The maximum Gasteiger partial charge on any atom is 0.256 e. The van der Waals surface area contributed by atoms with E-state index in [1.54, 1.807) is 6.92 Å². The van der Waals surface area contributed by atoms with E-state index >= 15 is 0 Å². The third kappa shape index (κ3) is 2.97. The van der Waals surface area contributed by atoms with Gasteiger partial charge in [-0.3, -0.25) is 4.79 Å². The van der Waals surface area contributed by atoms with Crippen molar-refractivity contribution in [1.82, 2.24) is 15.5 Å². The van der Waals surface area contributed by atoms with E-state index in [4.69, 9.17) is 8.94 Å². The molecule has 0 unspecified atom stereocenters. The summed E-state index contributed by atoms with van der Waals surface area (Å²) in [5.74, 6) is -7.79. The molecule has 0 spiro atoms. The number of halogens is 4. The fourth-order valence-electron chi connectivity index (χ4n) is 3.92. The molecule has 1 saturated carbocycles. The Hall–Kier alpha value is -2.91. The molecule has 1 aliphatic carbocycles. The van der Waals surface area contributed by atoms with Gasteiger partial charge in [0.15, 0.2) is 23.0 Å². The Bertz CT molecular complexity index is 1120. The Kier molecular flexibility index (Phi) is 4.59. The van der Waals surface area contributed by atoms with Crippen LogP contribution in [0.15, 0.2) is 8.94 Å². The fourth-order valence-corrected chi connectivity index (χ4v) is 3.92. The number of hydrogen-bond acceptors (Lipinski definition) is 5. The first-order chi connectivity index (χ1) is 13.7. The summed E-state index contributed by atoms with van der Waals surface area (Å²) >= 11 is 0. The van der Waals surface area contributed by atoms with Crippen molar-refractivity contribution in [3.63, 3.8) is 0 Å². The summed E-state index contributed by atoms with van der Waals surface area (Å²) in [6, 6.07) is 0. The van der Waals surface area contributed by atoms with Gasteiger partial charge >= 0.3 is 0 Å². The standard InChI is InChI=1S/C19H17F4N3O3/c1-8-10(11-12(20)13(21)14(22)15(23)16(11)28-8)17(27)25-19(6-4-3-5-7-19)18-24-9(2)29-26-18/h3-7H2,1-2H3,(H,25,27). The molecular weight excluding hydrogens is 394 g/mol. The molecule has 2 heterocycles. The van der Waals surface area contributed by atoms with E-state index in [9.17, 15) is 22.4 Å². The third-order valence-corrected chi connectivity index (χ3v) is 5.32. The number of aryl methyl sites for hydroxylation is 2. The number of nitrogens with zero attached hydrogens (tertiary/aromatic N) is 2. The average molecular weight is 411 g/mol. The molecule has 1 N–H and O–H groups in total. The quantitative estimate of drug-likeness (QED) is 0.388. The molecule has 6 nitrogen and oxygen atoms in total. The zero-order chi connectivity index (χ0) is 20.9. The van der Waals surface area contributed by atoms with Crippen LogP contribution in [0.25, 0.3) is 11.0 Å². The number of hydrogen-bond donors (Lipinski definition) is 1.